The molecule has 3 rings (SSSR count). The highest BCUT2D eigenvalue weighted by Crippen LogP contribution is 2.23. The van der Waals surface area contributed by atoms with Crippen molar-refractivity contribution in [1.29, 1.82) is 0 Å². The van der Waals surface area contributed by atoms with Gasteiger partial charge in [-0.3, -0.25) is 9.59 Å². The van der Waals surface area contributed by atoms with Crippen LogP contribution in [-0.2, 0) is 36.6 Å². The van der Waals surface area contributed by atoms with E-state index < -0.39 is 5.97 Å². The maximum Gasteiger partial charge on any atom is 0.338 e. The van der Waals surface area contributed by atoms with Gasteiger partial charge in [0.25, 0.3) is 0 Å². The van der Waals surface area contributed by atoms with Crippen molar-refractivity contribution in [3.63, 3.8) is 0 Å². The Kier molecular flexibility index (Phi) is 16.2. The molecule has 1 amide bonds. The van der Waals surface area contributed by atoms with Crippen molar-refractivity contribution in [1.82, 2.24) is 5.32 Å². The molecular formula is C35H49NO8. The van der Waals surface area contributed by atoms with Crippen LogP contribution in [0.15, 0.2) is 42.5 Å². The Morgan fingerprint density at radius 3 is 2.36 bits per heavy atom. The largest absolute Gasteiger partial charge is 0.494 e. The van der Waals surface area contributed by atoms with Crippen LogP contribution in [0.3, 0.4) is 0 Å². The third kappa shape index (κ3) is 13.4. The van der Waals surface area contributed by atoms with Gasteiger partial charge in [-0.25, -0.2) is 4.79 Å². The quantitative estimate of drug-likeness (QED) is 0.144. The van der Waals surface area contributed by atoms with Crippen LogP contribution in [0.4, 0.5) is 0 Å². The van der Waals surface area contributed by atoms with Crippen molar-refractivity contribution < 1.29 is 38.1 Å². The summed E-state index contributed by atoms with van der Waals surface area (Å²) in [5.74, 6) is 0.428. The number of benzene rings is 2. The molecular weight excluding hydrogens is 562 g/mol. The number of amides is 1. The summed E-state index contributed by atoms with van der Waals surface area (Å²) in [7, 11) is 1.34. The van der Waals surface area contributed by atoms with Crippen LogP contribution in [-0.4, -0.2) is 64.0 Å². The summed E-state index contributed by atoms with van der Waals surface area (Å²) in [6, 6.07) is 13.2. The molecule has 0 unspecified atom stereocenters. The van der Waals surface area contributed by atoms with Gasteiger partial charge in [0.2, 0.25) is 5.91 Å². The maximum atomic E-state index is 12.6. The molecule has 0 atom stereocenters. The summed E-state index contributed by atoms with van der Waals surface area (Å²) in [6.45, 7) is 4.31. The molecule has 242 valence electrons. The fraction of sp³-hybridized carbons (Fsp3) is 0.571. The first-order chi connectivity index (χ1) is 21.5. The molecule has 1 fully saturated rings. The molecule has 0 aliphatic heterocycles. The van der Waals surface area contributed by atoms with E-state index in [0.717, 1.165) is 38.0 Å². The van der Waals surface area contributed by atoms with Crippen LogP contribution in [0.2, 0.25) is 0 Å². The molecule has 0 aromatic heterocycles. The first-order valence-electron chi connectivity index (χ1n) is 16.1. The summed E-state index contributed by atoms with van der Waals surface area (Å²) < 4.78 is 27.7. The summed E-state index contributed by atoms with van der Waals surface area (Å²) in [5.41, 5.74) is 2.15. The van der Waals surface area contributed by atoms with Crippen LogP contribution in [0.1, 0.15) is 92.6 Å². The fourth-order valence-electron chi connectivity index (χ4n) is 5.08. The number of hydrogen-bond acceptors (Lipinski definition) is 8. The predicted octanol–water partition coefficient (Wildman–Crippen LogP) is 6.00. The Morgan fingerprint density at radius 1 is 0.864 bits per heavy atom. The average molecular weight is 612 g/mol. The van der Waals surface area contributed by atoms with E-state index >= 15 is 0 Å². The number of aryl methyl sites for hydroxylation is 1. The lowest BCUT2D eigenvalue weighted by atomic mass is 9.98. The van der Waals surface area contributed by atoms with Crippen molar-refractivity contribution in [3.05, 3.63) is 59.2 Å². The molecule has 2 aromatic carbocycles. The summed E-state index contributed by atoms with van der Waals surface area (Å²) >= 11 is 0. The topological polar surface area (TPSA) is 109 Å². The van der Waals surface area contributed by atoms with Crippen LogP contribution >= 0.6 is 0 Å². The molecule has 44 heavy (non-hydrogen) atoms. The van der Waals surface area contributed by atoms with E-state index in [1.807, 2.05) is 12.1 Å². The van der Waals surface area contributed by atoms with Crippen molar-refractivity contribution in [2.24, 2.45) is 0 Å². The van der Waals surface area contributed by atoms with Gasteiger partial charge in [-0.15, -0.1) is 0 Å². The van der Waals surface area contributed by atoms with Gasteiger partial charge in [-0.2, -0.15) is 0 Å². The van der Waals surface area contributed by atoms with Gasteiger partial charge >= 0.3 is 11.9 Å². The highest BCUT2D eigenvalue weighted by Gasteiger charge is 2.15. The third-order valence-electron chi connectivity index (χ3n) is 7.53. The third-order valence-corrected chi connectivity index (χ3v) is 7.53. The molecule has 0 saturated heterocycles. The minimum absolute atomic E-state index is 0.0375. The van der Waals surface area contributed by atoms with Gasteiger partial charge in [-0.1, -0.05) is 31.4 Å². The first kappa shape index (κ1) is 34.9. The number of methoxy groups -OCH3 is 1. The number of nitrogens with one attached hydrogen (secondary N) is 1. The Morgan fingerprint density at radius 2 is 1.61 bits per heavy atom. The number of ether oxygens (including phenoxy) is 5. The second kappa shape index (κ2) is 20.4. The van der Waals surface area contributed by atoms with E-state index in [1.54, 1.807) is 25.1 Å². The van der Waals surface area contributed by atoms with E-state index in [0.29, 0.717) is 49.2 Å². The molecule has 2 aromatic rings. The lowest BCUT2D eigenvalue weighted by Crippen LogP contribution is -2.27. The number of hydrogen-bond donors (Lipinski definition) is 1. The van der Waals surface area contributed by atoms with Crippen LogP contribution in [0.5, 0.6) is 11.5 Å². The fourth-order valence-corrected chi connectivity index (χ4v) is 5.08. The normalized spacial score (nSPS) is 13.2. The number of esters is 2. The van der Waals surface area contributed by atoms with Gasteiger partial charge in [0.1, 0.15) is 11.5 Å². The number of carbonyl (C=O) groups excluding carboxylic acids is 3. The van der Waals surface area contributed by atoms with Crippen molar-refractivity contribution in [2.75, 3.05) is 40.1 Å². The first-order valence-corrected chi connectivity index (χ1v) is 16.1. The Bertz CT molecular complexity index is 1140. The molecule has 1 saturated carbocycles. The molecule has 0 spiro atoms. The van der Waals surface area contributed by atoms with E-state index in [9.17, 15) is 14.4 Å². The highest BCUT2D eigenvalue weighted by atomic mass is 16.5. The Hall–Kier alpha value is -3.59. The lowest BCUT2D eigenvalue weighted by molar-refractivity contribution is -0.140. The van der Waals surface area contributed by atoms with Crippen molar-refractivity contribution in [2.45, 2.75) is 90.1 Å². The van der Waals surface area contributed by atoms with Crippen molar-refractivity contribution in [3.8, 4) is 11.5 Å². The Balaban J connectivity index is 1.39. The second-order valence-corrected chi connectivity index (χ2v) is 11.0. The monoisotopic (exact) mass is 611 g/mol. The maximum absolute atomic E-state index is 12.6. The van der Waals surface area contributed by atoms with Crippen LogP contribution < -0.4 is 14.8 Å². The lowest BCUT2D eigenvalue weighted by Gasteiger charge is -2.21. The molecule has 9 heteroatoms. The second-order valence-electron chi connectivity index (χ2n) is 11.0. The minimum Gasteiger partial charge on any atom is -0.494 e. The van der Waals surface area contributed by atoms with Gasteiger partial charge in [0.05, 0.1) is 45.0 Å². The zero-order valence-electron chi connectivity index (χ0n) is 26.4. The number of rotatable bonds is 20. The van der Waals surface area contributed by atoms with Crippen molar-refractivity contribution >= 4 is 17.8 Å². The van der Waals surface area contributed by atoms with Gasteiger partial charge in [0, 0.05) is 25.1 Å². The number of carbonyl (C=O) groups is 3. The molecule has 0 bridgehead atoms. The molecule has 1 aliphatic carbocycles. The molecule has 9 nitrogen and oxygen atoms in total. The predicted molar refractivity (Wildman–Crippen MR) is 168 cm³/mol. The molecule has 0 radical (unpaired) electrons. The SMILES string of the molecule is CCOC(=O)c1ccc(OCCCc2ccc(OCCCCOC3CCCCC3)cc2)c(CC(=O)NCCCC(=O)OC)c1. The van der Waals surface area contributed by atoms with E-state index in [-0.39, 0.29) is 31.3 Å². The molecule has 1 aliphatic rings. The van der Waals surface area contributed by atoms with Gasteiger partial charge in [-0.05, 0) is 87.8 Å². The molecule has 0 heterocycles. The molecule has 1 N–H and O–H groups in total. The number of unbranched alkanes of at least 4 members (excludes halogenated alkanes) is 1. The smallest absolute Gasteiger partial charge is 0.338 e. The minimum atomic E-state index is -0.449. The summed E-state index contributed by atoms with van der Waals surface area (Å²) in [6.07, 6.45) is 11.2. The average Bonchev–Trinajstić information content (AvgIpc) is 3.04. The summed E-state index contributed by atoms with van der Waals surface area (Å²) in [5, 5.41) is 2.80. The van der Waals surface area contributed by atoms with E-state index in [2.05, 4.69) is 22.2 Å². The van der Waals surface area contributed by atoms with Crippen LogP contribution in [0, 0.1) is 0 Å². The van der Waals surface area contributed by atoms with E-state index in [4.69, 9.17) is 18.9 Å². The Labute approximate surface area is 261 Å². The standard InChI is InChI=1S/C35H49NO8/c1-3-41-35(39)28-17-20-32(29(25-28)26-33(37)36-21-9-14-34(38)40-2)44-24-10-11-27-15-18-31(19-16-27)43-23-8-7-22-42-30-12-5-4-6-13-30/h15-20,25,30H,3-14,21-24,26H2,1-2H3,(H,36,37). The van der Waals surface area contributed by atoms with Crippen LogP contribution in [0.25, 0.3) is 0 Å². The van der Waals surface area contributed by atoms with Gasteiger partial charge in [0.15, 0.2) is 0 Å². The van der Waals surface area contributed by atoms with Gasteiger partial charge < -0.3 is 29.0 Å². The zero-order valence-corrected chi connectivity index (χ0v) is 26.4. The zero-order chi connectivity index (χ0) is 31.4. The van der Waals surface area contributed by atoms with E-state index in [1.165, 1.54) is 44.8 Å². The summed E-state index contributed by atoms with van der Waals surface area (Å²) in [4.78, 5) is 36.1. The highest BCUT2D eigenvalue weighted by molar-refractivity contribution is 5.90.